The van der Waals surface area contributed by atoms with Gasteiger partial charge in [0, 0.05) is 24.8 Å². The summed E-state index contributed by atoms with van der Waals surface area (Å²) < 4.78 is 34.6. The maximum atomic E-state index is 13.2. The summed E-state index contributed by atoms with van der Waals surface area (Å²) in [5.41, 5.74) is 3.73. The van der Waals surface area contributed by atoms with E-state index in [0.29, 0.717) is 10.5 Å². The number of benzene rings is 2. The molecule has 1 heterocycles. The monoisotopic (exact) mass is 430 g/mol. The second kappa shape index (κ2) is 9.40. The highest BCUT2D eigenvalue weighted by atomic mass is 32.2. The van der Waals surface area contributed by atoms with E-state index in [2.05, 4.69) is 21.8 Å². The van der Waals surface area contributed by atoms with E-state index in [9.17, 15) is 8.42 Å². The lowest BCUT2D eigenvalue weighted by molar-refractivity contribution is 0.406. The quantitative estimate of drug-likeness (QED) is 0.659. The van der Waals surface area contributed by atoms with Crippen molar-refractivity contribution in [3.05, 3.63) is 53.1 Å². The molecule has 0 saturated carbocycles. The van der Waals surface area contributed by atoms with Crippen LogP contribution in [0.1, 0.15) is 68.7 Å². The van der Waals surface area contributed by atoms with Crippen LogP contribution in [-0.2, 0) is 10.0 Å². The second-order valence-electron chi connectivity index (χ2n) is 8.50. The summed E-state index contributed by atoms with van der Waals surface area (Å²) in [5.74, 6) is 0.886. The minimum Gasteiger partial charge on any atom is -0.496 e. The van der Waals surface area contributed by atoms with Crippen LogP contribution in [0.4, 0.5) is 5.69 Å². The predicted octanol–water partition coefficient (Wildman–Crippen LogP) is 5.16. The van der Waals surface area contributed by atoms with Crippen molar-refractivity contribution in [2.24, 2.45) is 0 Å². The number of methoxy groups -OCH3 is 1. The molecule has 3 rings (SSSR count). The second-order valence-corrected chi connectivity index (χ2v) is 10.2. The highest BCUT2D eigenvalue weighted by Crippen LogP contribution is 2.32. The molecular formula is C24H34N2O3S. The SMILES string of the molecule is COc1cc(C)c(S(=O)(=O)NC(C)c2ccc(N3CCCCC3)cc2)cc1C(C)C. The molecule has 1 N–H and O–H groups in total. The van der Waals surface area contributed by atoms with Crippen LogP contribution in [0, 0.1) is 6.92 Å². The number of nitrogens with one attached hydrogen (secondary N) is 1. The molecule has 1 aliphatic rings. The van der Waals surface area contributed by atoms with Crippen molar-refractivity contribution in [3.63, 3.8) is 0 Å². The number of piperidine rings is 1. The first kappa shape index (κ1) is 22.6. The average molecular weight is 431 g/mol. The Kier molecular flexibility index (Phi) is 7.09. The van der Waals surface area contributed by atoms with Crippen LogP contribution < -0.4 is 14.4 Å². The molecule has 0 radical (unpaired) electrons. The van der Waals surface area contributed by atoms with Gasteiger partial charge in [0.05, 0.1) is 12.0 Å². The minimum absolute atomic E-state index is 0.161. The van der Waals surface area contributed by atoms with Gasteiger partial charge in [0.1, 0.15) is 5.75 Å². The zero-order chi connectivity index (χ0) is 21.9. The van der Waals surface area contributed by atoms with E-state index in [0.717, 1.165) is 30.0 Å². The lowest BCUT2D eigenvalue weighted by Crippen LogP contribution is -2.29. The number of rotatable bonds is 7. The number of hydrogen-bond acceptors (Lipinski definition) is 4. The molecule has 2 aromatic rings. The number of aryl methyl sites for hydroxylation is 1. The molecule has 164 valence electrons. The van der Waals surface area contributed by atoms with E-state index < -0.39 is 10.0 Å². The van der Waals surface area contributed by atoms with Crippen LogP contribution in [0.3, 0.4) is 0 Å². The fourth-order valence-corrected chi connectivity index (χ4v) is 5.58. The fraction of sp³-hybridized carbons (Fsp3) is 0.500. The van der Waals surface area contributed by atoms with Gasteiger partial charge in [-0.25, -0.2) is 13.1 Å². The van der Waals surface area contributed by atoms with Gasteiger partial charge in [0.2, 0.25) is 10.0 Å². The van der Waals surface area contributed by atoms with Crippen molar-refractivity contribution >= 4 is 15.7 Å². The Morgan fingerprint density at radius 3 is 2.20 bits per heavy atom. The molecule has 1 atom stereocenters. The minimum atomic E-state index is -3.67. The molecule has 2 aromatic carbocycles. The smallest absolute Gasteiger partial charge is 0.241 e. The van der Waals surface area contributed by atoms with Gasteiger partial charge in [-0.1, -0.05) is 26.0 Å². The van der Waals surface area contributed by atoms with Crippen molar-refractivity contribution in [1.29, 1.82) is 0 Å². The third-order valence-corrected chi connectivity index (χ3v) is 7.57. The molecule has 1 unspecified atom stereocenters. The first-order chi connectivity index (χ1) is 14.2. The highest BCUT2D eigenvalue weighted by Gasteiger charge is 2.23. The Hall–Kier alpha value is -2.05. The zero-order valence-corrected chi connectivity index (χ0v) is 19.6. The third kappa shape index (κ3) is 4.98. The number of nitrogens with zero attached hydrogens (tertiary/aromatic N) is 1. The van der Waals surface area contributed by atoms with Gasteiger partial charge in [-0.3, -0.25) is 0 Å². The van der Waals surface area contributed by atoms with Gasteiger partial charge < -0.3 is 9.64 Å². The molecule has 0 amide bonds. The Balaban J connectivity index is 1.80. The molecule has 0 aliphatic carbocycles. The van der Waals surface area contributed by atoms with Crippen molar-refractivity contribution in [2.45, 2.75) is 63.8 Å². The van der Waals surface area contributed by atoms with E-state index in [-0.39, 0.29) is 12.0 Å². The summed E-state index contributed by atoms with van der Waals surface area (Å²) in [6.45, 7) is 9.94. The maximum absolute atomic E-state index is 13.2. The third-order valence-electron chi connectivity index (χ3n) is 5.89. The normalized spacial score (nSPS) is 16.0. The van der Waals surface area contributed by atoms with Crippen LogP contribution >= 0.6 is 0 Å². The number of hydrogen-bond donors (Lipinski definition) is 1. The molecule has 0 aromatic heterocycles. The number of anilines is 1. The molecule has 1 saturated heterocycles. The predicted molar refractivity (Wildman–Crippen MR) is 123 cm³/mol. The summed E-state index contributed by atoms with van der Waals surface area (Å²) in [6.07, 6.45) is 3.77. The van der Waals surface area contributed by atoms with E-state index >= 15 is 0 Å². The Morgan fingerprint density at radius 1 is 1.00 bits per heavy atom. The van der Waals surface area contributed by atoms with Crippen molar-refractivity contribution in [2.75, 3.05) is 25.1 Å². The fourth-order valence-electron chi connectivity index (χ4n) is 4.08. The largest absolute Gasteiger partial charge is 0.496 e. The molecular weight excluding hydrogens is 396 g/mol. The lowest BCUT2D eigenvalue weighted by atomic mass is 10.0. The molecule has 1 fully saturated rings. The van der Waals surface area contributed by atoms with Gasteiger partial charge in [-0.15, -0.1) is 0 Å². The highest BCUT2D eigenvalue weighted by molar-refractivity contribution is 7.89. The molecule has 30 heavy (non-hydrogen) atoms. The molecule has 5 nitrogen and oxygen atoms in total. The van der Waals surface area contributed by atoms with Crippen LogP contribution in [0.2, 0.25) is 0 Å². The van der Waals surface area contributed by atoms with Crippen LogP contribution in [0.5, 0.6) is 5.75 Å². The van der Waals surface area contributed by atoms with Crippen molar-refractivity contribution in [1.82, 2.24) is 4.72 Å². The molecule has 6 heteroatoms. The van der Waals surface area contributed by atoms with E-state index in [1.54, 1.807) is 20.1 Å². The van der Waals surface area contributed by atoms with Crippen LogP contribution in [0.15, 0.2) is 41.3 Å². The van der Waals surface area contributed by atoms with Gasteiger partial charge >= 0.3 is 0 Å². The topological polar surface area (TPSA) is 58.6 Å². The van der Waals surface area contributed by atoms with Crippen molar-refractivity contribution < 1.29 is 13.2 Å². The molecule has 0 bridgehead atoms. The van der Waals surface area contributed by atoms with E-state index in [1.807, 2.05) is 39.0 Å². The van der Waals surface area contributed by atoms with Crippen molar-refractivity contribution in [3.8, 4) is 5.75 Å². The summed E-state index contributed by atoms with van der Waals surface area (Å²) in [6, 6.07) is 11.5. The number of ether oxygens (including phenoxy) is 1. The van der Waals surface area contributed by atoms with E-state index in [4.69, 9.17) is 4.74 Å². The average Bonchev–Trinajstić information content (AvgIpc) is 2.73. The molecule has 0 spiro atoms. The molecule has 1 aliphatic heterocycles. The van der Waals surface area contributed by atoms with Crippen LogP contribution in [-0.4, -0.2) is 28.6 Å². The van der Waals surface area contributed by atoms with Gasteiger partial charge in [-0.2, -0.15) is 0 Å². The van der Waals surface area contributed by atoms with Gasteiger partial charge in [0.25, 0.3) is 0 Å². The maximum Gasteiger partial charge on any atom is 0.241 e. The first-order valence-electron chi connectivity index (χ1n) is 10.8. The summed E-state index contributed by atoms with van der Waals surface area (Å²) in [4.78, 5) is 2.71. The summed E-state index contributed by atoms with van der Waals surface area (Å²) in [5, 5.41) is 0. The summed E-state index contributed by atoms with van der Waals surface area (Å²) in [7, 11) is -2.05. The lowest BCUT2D eigenvalue weighted by Gasteiger charge is -2.29. The Labute approximate surface area is 181 Å². The number of sulfonamides is 1. The Morgan fingerprint density at radius 2 is 1.63 bits per heavy atom. The Bertz CT molecular complexity index is 963. The standard InChI is InChI=1S/C24H34N2O3S/c1-17(2)22-16-24(18(3)15-23(22)29-5)30(27,28)25-19(4)20-9-11-21(12-10-20)26-13-7-6-8-14-26/h9-12,15-17,19,25H,6-8,13-14H2,1-5H3. The summed E-state index contributed by atoms with van der Waals surface area (Å²) >= 11 is 0. The van der Waals surface area contributed by atoms with Crippen LogP contribution in [0.25, 0.3) is 0 Å². The zero-order valence-electron chi connectivity index (χ0n) is 18.7. The van der Waals surface area contributed by atoms with Gasteiger partial charge in [0.15, 0.2) is 0 Å². The van der Waals surface area contributed by atoms with E-state index in [1.165, 1.54) is 24.9 Å². The van der Waals surface area contributed by atoms with Gasteiger partial charge in [-0.05, 0) is 80.0 Å². The first-order valence-corrected chi connectivity index (χ1v) is 12.3.